The Morgan fingerprint density at radius 1 is 1.35 bits per heavy atom. The summed E-state index contributed by atoms with van der Waals surface area (Å²) in [5.74, 6) is -0.503. The first-order chi connectivity index (χ1) is 11.1. The number of amides is 4. The van der Waals surface area contributed by atoms with Gasteiger partial charge in [0.2, 0.25) is 5.91 Å². The molecule has 0 spiro atoms. The van der Waals surface area contributed by atoms with E-state index in [0.717, 1.165) is 29.7 Å². The van der Waals surface area contributed by atoms with Gasteiger partial charge in [0.15, 0.2) is 0 Å². The summed E-state index contributed by atoms with van der Waals surface area (Å²) in [5, 5.41) is 0. The van der Waals surface area contributed by atoms with Gasteiger partial charge in [0.05, 0.1) is 6.04 Å². The van der Waals surface area contributed by atoms with E-state index in [2.05, 4.69) is 4.98 Å². The highest BCUT2D eigenvalue weighted by atomic mass is 16.2. The number of rotatable bonds is 3. The predicted octanol–water partition coefficient (Wildman–Crippen LogP) is 1.03. The summed E-state index contributed by atoms with van der Waals surface area (Å²) in [4.78, 5) is 44.7. The van der Waals surface area contributed by atoms with Crippen LogP contribution in [0.1, 0.15) is 30.9 Å². The number of imide groups is 1. The Hall–Kier alpha value is -2.44. The molecule has 2 saturated heterocycles. The molecule has 1 unspecified atom stereocenters. The molecular weight excluding hydrogens is 296 g/mol. The van der Waals surface area contributed by atoms with Crippen LogP contribution in [0.25, 0.3) is 0 Å². The molecule has 1 aromatic heterocycles. The minimum Gasteiger partial charge on any atom is -0.334 e. The number of pyridine rings is 1. The van der Waals surface area contributed by atoms with Crippen LogP contribution >= 0.6 is 0 Å². The second-order valence-corrected chi connectivity index (χ2v) is 6.00. The van der Waals surface area contributed by atoms with Crippen molar-refractivity contribution in [3.63, 3.8) is 0 Å². The lowest BCUT2D eigenvalue weighted by Crippen LogP contribution is -2.46. The molecule has 122 valence electrons. The lowest BCUT2D eigenvalue weighted by molar-refractivity contribution is -0.139. The molecule has 0 radical (unpaired) electrons. The van der Waals surface area contributed by atoms with Crippen molar-refractivity contribution in [1.82, 2.24) is 19.7 Å². The molecule has 7 heteroatoms. The highest BCUT2D eigenvalue weighted by Crippen LogP contribution is 2.30. The zero-order chi connectivity index (χ0) is 16.4. The zero-order valence-corrected chi connectivity index (χ0v) is 13.1. The molecule has 7 nitrogen and oxygen atoms in total. The molecule has 23 heavy (non-hydrogen) atoms. The largest absolute Gasteiger partial charge is 0.334 e. The third-order valence-electron chi connectivity index (χ3n) is 4.42. The van der Waals surface area contributed by atoms with Crippen LogP contribution < -0.4 is 0 Å². The van der Waals surface area contributed by atoms with Crippen LogP contribution in [0, 0.1) is 0 Å². The van der Waals surface area contributed by atoms with E-state index >= 15 is 0 Å². The van der Waals surface area contributed by atoms with E-state index in [1.54, 1.807) is 24.3 Å². The molecule has 3 rings (SSSR count). The minimum atomic E-state index is -0.404. The van der Waals surface area contributed by atoms with Gasteiger partial charge >= 0.3 is 6.03 Å². The monoisotopic (exact) mass is 316 g/mol. The number of hydrogen-bond acceptors (Lipinski definition) is 4. The van der Waals surface area contributed by atoms with Crippen molar-refractivity contribution in [3.8, 4) is 0 Å². The smallest absolute Gasteiger partial charge is 0.327 e. The van der Waals surface area contributed by atoms with E-state index in [4.69, 9.17) is 0 Å². The highest BCUT2D eigenvalue weighted by Gasteiger charge is 2.37. The standard InChI is InChI=1S/C16H20N4O3/c1-18-10-14(21)20(16(18)23)11-15(22)19-8-3-2-6-13(19)12-5-4-7-17-9-12/h4-5,7,9,13H,2-3,6,8,10-11H2,1H3. The number of urea groups is 1. The van der Waals surface area contributed by atoms with Crippen molar-refractivity contribution in [2.75, 3.05) is 26.7 Å². The number of aromatic nitrogens is 1. The number of carbonyl (C=O) groups excluding carboxylic acids is 3. The molecule has 0 saturated carbocycles. The lowest BCUT2D eigenvalue weighted by atomic mass is 9.96. The van der Waals surface area contributed by atoms with Gasteiger partial charge in [-0.1, -0.05) is 6.07 Å². The van der Waals surface area contributed by atoms with E-state index in [-0.39, 0.29) is 30.9 Å². The Balaban J connectivity index is 1.74. The van der Waals surface area contributed by atoms with Gasteiger partial charge in [-0.15, -0.1) is 0 Å². The van der Waals surface area contributed by atoms with E-state index in [9.17, 15) is 14.4 Å². The van der Waals surface area contributed by atoms with Crippen molar-refractivity contribution < 1.29 is 14.4 Å². The molecular formula is C16H20N4O3. The van der Waals surface area contributed by atoms with Gasteiger partial charge in [0.25, 0.3) is 5.91 Å². The summed E-state index contributed by atoms with van der Waals surface area (Å²) >= 11 is 0. The fourth-order valence-corrected chi connectivity index (χ4v) is 3.20. The quantitative estimate of drug-likeness (QED) is 0.781. The summed E-state index contributed by atoms with van der Waals surface area (Å²) in [5.41, 5.74) is 0.997. The Labute approximate surface area is 134 Å². The second kappa shape index (κ2) is 6.36. The molecule has 0 N–H and O–H groups in total. The summed E-state index contributed by atoms with van der Waals surface area (Å²) in [7, 11) is 1.56. The minimum absolute atomic E-state index is 0.0320. The predicted molar refractivity (Wildman–Crippen MR) is 82.3 cm³/mol. The SMILES string of the molecule is CN1CC(=O)N(CC(=O)N2CCCCC2c2cccnc2)C1=O. The number of nitrogens with zero attached hydrogens (tertiary/aromatic N) is 4. The van der Waals surface area contributed by atoms with E-state index in [0.29, 0.717) is 6.54 Å². The average molecular weight is 316 g/mol. The van der Waals surface area contributed by atoms with Crippen LogP contribution in [0.2, 0.25) is 0 Å². The van der Waals surface area contributed by atoms with Gasteiger partial charge in [-0.25, -0.2) is 4.79 Å². The number of hydrogen-bond donors (Lipinski definition) is 0. The van der Waals surface area contributed by atoms with Gasteiger partial charge in [-0.2, -0.15) is 0 Å². The fourth-order valence-electron chi connectivity index (χ4n) is 3.20. The molecule has 1 atom stereocenters. The molecule has 4 amide bonds. The number of likely N-dealkylation sites (N-methyl/N-ethyl adjacent to an activating group) is 1. The normalized spacial score (nSPS) is 22.0. The molecule has 2 fully saturated rings. The van der Waals surface area contributed by atoms with Crippen LogP contribution in [0.5, 0.6) is 0 Å². The lowest BCUT2D eigenvalue weighted by Gasteiger charge is -2.36. The molecule has 3 heterocycles. The zero-order valence-electron chi connectivity index (χ0n) is 13.1. The molecule has 0 aromatic carbocycles. The van der Waals surface area contributed by atoms with Crippen molar-refractivity contribution in [1.29, 1.82) is 0 Å². The average Bonchev–Trinajstić information content (AvgIpc) is 2.82. The van der Waals surface area contributed by atoms with Crippen LogP contribution in [-0.2, 0) is 9.59 Å². The number of piperidine rings is 1. The van der Waals surface area contributed by atoms with Gasteiger partial charge < -0.3 is 9.80 Å². The van der Waals surface area contributed by atoms with Gasteiger partial charge in [-0.3, -0.25) is 19.5 Å². The Morgan fingerprint density at radius 2 is 2.17 bits per heavy atom. The van der Waals surface area contributed by atoms with E-state index in [1.165, 1.54) is 4.90 Å². The van der Waals surface area contributed by atoms with Crippen LogP contribution in [0.4, 0.5) is 4.79 Å². The summed E-state index contributed by atoms with van der Waals surface area (Å²) in [6.45, 7) is 0.501. The highest BCUT2D eigenvalue weighted by molar-refractivity contribution is 6.04. The van der Waals surface area contributed by atoms with E-state index < -0.39 is 6.03 Å². The maximum Gasteiger partial charge on any atom is 0.327 e. The molecule has 0 bridgehead atoms. The third kappa shape index (κ3) is 3.04. The van der Waals surface area contributed by atoms with Crippen LogP contribution in [-0.4, -0.2) is 64.2 Å². The third-order valence-corrected chi connectivity index (χ3v) is 4.42. The first-order valence-corrected chi connectivity index (χ1v) is 7.83. The maximum absolute atomic E-state index is 12.7. The number of likely N-dealkylation sites (tertiary alicyclic amines) is 1. The molecule has 1 aromatic rings. The topological polar surface area (TPSA) is 73.8 Å². The Kier molecular flexibility index (Phi) is 4.27. The number of carbonyl (C=O) groups is 3. The van der Waals surface area contributed by atoms with Crippen molar-refractivity contribution in [2.24, 2.45) is 0 Å². The first kappa shape index (κ1) is 15.5. The summed E-state index contributed by atoms with van der Waals surface area (Å²) in [6.07, 6.45) is 6.34. The van der Waals surface area contributed by atoms with Crippen LogP contribution in [0.15, 0.2) is 24.5 Å². The van der Waals surface area contributed by atoms with Crippen molar-refractivity contribution >= 4 is 17.8 Å². The summed E-state index contributed by atoms with van der Waals surface area (Å²) in [6, 6.07) is 3.38. The van der Waals surface area contributed by atoms with Crippen LogP contribution in [0.3, 0.4) is 0 Å². The maximum atomic E-state index is 12.7. The van der Waals surface area contributed by atoms with Crippen molar-refractivity contribution in [2.45, 2.75) is 25.3 Å². The van der Waals surface area contributed by atoms with Gasteiger partial charge in [-0.05, 0) is 30.9 Å². The van der Waals surface area contributed by atoms with Gasteiger partial charge in [0, 0.05) is 26.0 Å². The molecule has 2 aliphatic rings. The first-order valence-electron chi connectivity index (χ1n) is 7.83. The second-order valence-electron chi connectivity index (χ2n) is 6.00. The summed E-state index contributed by atoms with van der Waals surface area (Å²) < 4.78 is 0. The molecule has 0 aliphatic carbocycles. The van der Waals surface area contributed by atoms with Crippen molar-refractivity contribution in [3.05, 3.63) is 30.1 Å². The van der Waals surface area contributed by atoms with Gasteiger partial charge in [0.1, 0.15) is 13.1 Å². The molecule has 2 aliphatic heterocycles. The Bertz CT molecular complexity index is 619. The van der Waals surface area contributed by atoms with E-state index in [1.807, 2.05) is 12.1 Å². The fraction of sp³-hybridized carbons (Fsp3) is 0.500. The Morgan fingerprint density at radius 3 is 2.83 bits per heavy atom.